The molecule has 6 heteroatoms. The van der Waals surface area contributed by atoms with Crippen LogP contribution in [0.1, 0.15) is 26.4 Å². The van der Waals surface area contributed by atoms with Crippen molar-refractivity contribution < 1.29 is 9.59 Å². The van der Waals surface area contributed by atoms with Crippen LogP contribution < -0.4 is 10.6 Å². The highest BCUT2D eigenvalue weighted by molar-refractivity contribution is 6.04. The van der Waals surface area contributed by atoms with E-state index in [1.54, 1.807) is 18.3 Å². The van der Waals surface area contributed by atoms with Crippen molar-refractivity contribution in [2.45, 2.75) is 6.42 Å². The lowest BCUT2D eigenvalue weighted by molar-refractivity contribution is 0.0945. The molecule has 1 aliphatic rings. The van der Waals surface area contributed by atoms with E-state index in [0.29, 0.717) is 17.7 Å². The Bertz CT molecular complexity index is 1260. The Balaban J connectivity index is 1.38. The first-order valence-electron chi connectivity index (χ1n) is 10.1. The third kappa shape index (κ3) is 3.83. The number of aromatic amines is 1. The highest BCUT2D eigenvalue weighted by Crippen LogP contribution is 2.27. The Morgan fingerprint density at radius 1 is 0.935 bits per heavy atom. The summed E-state index contributed by atoms with van der Waals surface area (Å²) >= 11 is 0. The molecular weight excluding hydrogens is 388 g/mol. The number of hydrogen-bond acceptors (Lipinski definition) is 3. The van der Waals surface area contributed by atoms with Crippen LogP contribution in [0.25, 0.3) is 22.5 Å². The predicted molar refractivity (Wildman–Crippen MR) is 120 cm³/mol. The second-order valence-electron chi connectivity index (χ2n) is 7.41. The van der Waals surface area contributed by atoms with Gasteiger partial charge in [-0.3, -0.25) is 14.6 Å². The number of nitrogens with zero attached hydrogens (tertiary/aromatic N) is 1. The number of pyridine rings is 1. The van der Waals surface area contributed by atoms with Gasteiger partial charge in [-0.25, -0.2) is 0 Å². The fraction of sp³-hybridized carbons (Fsp3) is 0.0800. The van der Waals surface area contributed by atoms with E-state index in [-0.39, 0.29) is 11.8 Å². The van der Waals surface area contributed by atoms with Crippen LogP contribution in [-0.2, 0) is 6.42 Å². The van der Waals surface area contributed by atoms with Gasteiger partial charge in [0.1, 0.15) is 0 Å². The second kappa shape index (κ2) is 7.91. The van der Waals surface area contributed by atoms with Crippen molar-refractivity contribution in [1.29, 1.82) is 0 Å². The third-order valence-electron chi connectivity index (χ3n) is 5.35. The molecule has 1 aliphatic heterocycles. The van der Waals surface area contributed by atoms with E-state index in [4.69, 9.17) is 0 Å². The van der Waals surface area contributed by atoms with Crippen molar-refractivity contribution >= 4 is 17.5 Å². The van der Waals surface area contributed by atoms with Crippen LogP contribution in [0.2, 0.25) is 0 Å². The molecule has 0 bridgehead atoms. The van der Waals surface area contributed by atoms with Gasteiger partial charge >= 0.3 is 0 Å². The summed E-state index contributed by atoms with van der Waals surface area (Å²) in [6, 6.07) is 22.5. The van der Waals surface area contributed by atoms with E-state index in [9.17, 15) is 9.59 Å². The Labute approximate surface area is 179 Å². The van der Waals surface area contributed by atoms with Crippen molar-refractivity contribution in [2.24, 2.45) is 0 Å². The summed E-state index contributed by atoms with van der Waals surface area (Å²) in [7, 11) is 0. The minimum absolute atomic E-state index is 0.0394. The molecule has 5 rings (SSSR count). The Hall–Kier alpha value is -4.19. The van der Waals surface area contributed by atoms with Gasteiger partial charge in [-0.15, -0.1) is 0 Å². The number of para-hydroxylation sites is 1. The smallest absolute Gasteiger partial charge is 0.255 e. The molecule has 0 saturated heterocycles. The van der Waals surface area contributed by atoms with Gasteiger partial charge in [0.15, 0.2) is 0 Å². The van der Waals surface area contributed by atoms with E-state index in [0.717, 1.165) is 40.3 Å². The number of aromatic nitrogens is 2. The summed E-state index contributed by atoms with van der Waals surface area (Å²) < 4.78 is 0. The lowest BCUT2D eigenvalue weighted by Crippen LogP contribution is -2.31. The molecule has 0 saturated carbocycles. The predicted octanol–water partition coefficient (Wildman–Crippen LogP) is 4.28. The van der Waals surface area contributed by atoms with Crippen LogP contribution in [0.15, 0.2) is 79.0 Å². The zero-order chi connectivity index (χ0) is 21.2. The molecule has 0 radical (unpaired) electrons. The number of benzene rings is 2. The lowest BCUT2D eigenvalue weighted by Gasteiger charge is -2.11. The average molecular weight is 408 g/mol. The van der Waals surface area contributed by atoms with Crippen LogP contribution in [0.5, 0.6) is 0 Å². The van der Waals surface area contributed by atoms with Crippen molar-refractivity contribution in [3.8, 4) is 22.5 Å². The monoisotopic (exact) mass is 408 g/mol. The van der Waals surface area contributed by atoms with Gasteiger partial charge in [0.25, 0.3) is 11.8 Å². The van der Waals surface area contributed by atoms with E-state index < -0.39 is 0 Å². The zero-order valence-electron chi connectivity index (χ0n) is 16.7. The quantitative estimate of drug-likeness (QED) is 0.471. The zero-order valence-corrected chi connectivity index (χ0v) is 16.7. The number of rotatable bonds is 4. The van der Waals surface area contributed by atoms with Gasteiger partial charge in [-0.2, -0.15) is 0 Å². The molecule has 0 fully saturated rings. The number of fused-ring (bicyclic) bond motifs is 1. The van der Waals surface area contributed by atoms with Gasteiger partial charge in [0, 0.05) is 52.9 Å². The number of anilines is 1. The summed E-state index contributed by atoms with van der Waals surface area (Å²) in [5, 5.41) is 5.75. The molecule has 0 spiro atoms. The normalized spacial score (nSPS) is 12.7. The third-order valence-corrected chi connectivity index (χ3v) is 5.35. The van der Waals surface area contributed by atoms with Crippen molar-refractivity contribution in [3.05, 3.63) is 95.8 Å². The van der Waals surface area contributed by atoms with Crippen molar-refractivity contribution in [2.75, 3.05) is 11.9 Å². The van der Waals surface area contributed by atoms with Crippen LogP contribution in [0, 0.1) is 0 Å². The number of amides is 2. The van der Waals surface area contributed by atoms with Crippen LogP contribution in [0.4, 0.5) is 5.69 Å². The minimum atomic E-state index is -0.158. The largest absolute Gasteiger partial charge is 0.358 e. The summed E-state index contributed by atoms with van der Waals surface area (Å²) in [6.45, 7) is 0.650. The van der Waals surface area contributed by atoms with Gasteiger partial charge in [-0.05, 0) is 42.5 Å². The van der Waals surface area contributed by atoms with E-state index >= 15 is 0 Å². The second-order valence-corrected chi connectivity index (χ2v) is 7.41. The van der Waals surface area contributed by atoms with E-state index in [2.05, 4.69) is 20.6 Å². The molecule has 6 nitrogen and oxygen atoms in total. The van der Waals surface area contributed by atoms with Gasteiger partial charge in [0.05, 0.1) is 11.3 Å². The minimum Gasteiger partial charge on any atom is -0.358 e. The Morgan fingerprint density at radius 2 is 1.74 bits per heavy atom. The highest BCUT2D eigenvalue weighted by atomic mass is 16.2. The van der Waals surface area contributed by atoms with Crippen LogP contribution >= 0.6 is 0 Å². The van der Waals surface area contributed by atoms with Crippen molar-refractivity contribution in [3.63, 3.8) is 0 Å². The molecular formula is C25H20N4O2. The van der Waals surface area contributed by atoms with Crippen molar-refractivity contribution in [1.82, 2.24) is 15.3 Å². The molecule has 2 amide bonds. The lowest BCUT2D eigenvalue weighted by atomic mass is 10.0. The van der Waals surface area contributed by atoms with Crippen LogP contribution in [0.3, 0.4) is 0 Å². The summed E-state index contributed by atoms with van der Waals surface area (Å²) in [5.41, 5.74) is 6.55. The number of H-pyrrole nitrogens is 1. The molecule has 3 N–H and O–H groups in total. The average Bonchev–Trinajstić information content (AvgIpc) is 3.26. The SMILES string of the molecule is O=C(Nc1ccccc1)c1ccc(-c2cc(-c3cc4c([nH]3)CCNC4=O)ccn2)cc1. The Kier molecular flexibility index (Phi) is 4.80. The maximum atomic E-state index is 12.5. The number of nitrogens with one attached hydrogen (secondary N) is 3. The van der Waals surface area contributed by atoms with Crippen LogP contribution in [-0.4, -0.2) is 28.3 Å². The molecule has 0 atom stereocenters. The fourth-order valence-electron chi connectivity index (χ4n) is 3.72. The topological polar surface area (TPSA) is 86.9 Å². The number of carbonyl (C=O) groups excluding carboxylic acids is 2. The van der Waals surface area contributed by atoms with Gasteiger partial charge in [-0.1, -0.05) is 30.3 Å². The van der Waals surface area contributed by atoms with Gasteiger partial charge < -0.3 is 15.6 Å². The molecule has 3 heterocycles. The fourth-order valence-corrected chi connectivity index (χ4v) is 3.72. The number of hydrogen-bond donors (Lipinski definition) is 3. The summed E-state index contributed by atoms with van der Waals surface area (Å²) in [5.74, 6) is -0.197. The highest BCUT2D eigenvalue weighted by Gasteiger charge is 2.20. The molecule has 2 aromatic heterocycles. The van der Waals surface area contributed by atoms with Gasteiger partial charge in [0.2, 0.25) is 0 Å². The number of carbonyl (C=O) groups is 2. The summed E-state index contributed by atoms with van der Waals surface area (Å²) in [4.78, 5) is 32.4. The standard InChI is InChI=1S/C25H20N4O2/c30-24(28-19-4-2-1-3-5-19)17-8-6-16(7-9-17)22-14-18(10-12-26-22)23-15-20-21(29-23)11-13-27-25(20)31/h1-10,12,14-15,29H,11,13H2,(H,27,31)(H,28,30). The first-order valence-corrected chi connectivity index (χ1v) is 10.1. The maximum absolute atomic E-state index is 12.5. The molecule has 4 aromatic rings. The first-order chi connectivity index (χ1) is 15.2. The van der Waals surface area contributed by atoms with E-state index in [1.165, 1.54) is 0 Å². The maximum Gasteiger partial charge on any atom is 0.255 e. The molecule has 2 aromatic carbocycles. The summed E-state index contributed by atoms with van der Waals surface area (Å²) in [6.07, 6.45) is 2.55. The Morgan fingerprint density at radius 3 is 2.52 bits per heavy atom. The van der Waals surface area contributed by atoms with E-state index in [1.807, 2.05) is 60.7 Å². The molecule has 31 heavy (non-hydrogen) atoms. The molecule has 0 unspecified atom stereocenters. The molecule has 152 valence electrons. The first kappa shape index (κ1) is 18.8. The molecule has 0 aliphatic carbocycles.